The van der Waals surface area contributed by atoms with Crippen molar-refractivity contribution in [3.63, 3.8) is 0 Å². The lowest BCUT2D eigenvalue weighted by Crippen LogP contribution is -2.09. The predicted molar refractivity (Wildman–Crippen MR) is 74.6 cm³/mol. The van der Waals surface area contributed by atoms with Gasteiger partial charge in [-0.05, 0) is 61.6 Å². The number of furan rings is 1. The van der Waals surface area contributed by atoms with E-state index in [1.165, 1.54) is 0 Å². The zero-order chi connectivity index (χ0) is 13.7. The molecule has 0 saturated carbocycles. The van der Waals surface area contributed by atoms with Gasteiger partial charge in [0.1, 0.15) is 11.6 Å². The average molecular weight is 261 g/mol. The highest BCUT2D eigenvalue weighted by Gasteiger charge is 2.13. The maximum Gasteiger partial charge on any atom is 0.126 e. The van der Waals surface area contributed by atoms with Gasteiger partial charge in [-0.3, -0.25) is 0 Å². The summed E-state index contributed by atoms with van der Waals surface area (Å²) in [6.07, 6.45) is 4.45. The minimum Gasteiger partial charge on any atom is -0.469 e. The van der Waals surface area contributed by atoms with Crippen LogP contribution in [0.1, 0.15) is 35.6 Å². The first-order valence-electron chi connectivity index (χ1n) is 6.69. The van der Waals surface area contributed by atoms with Crippen molar-refractivity contribution < 1.29 is 8.81 Å². The molecule has 0 aliphatic carbocycles. The monoisotopic (exact) mass is 261 g/mol. The van der Waals surface area contributed by atoms with Crippen LogP contribution in [0.3, 0.4) is 0 Å². The van der Waals surface area contributed by atoms with E-state index in [1.807, 2.05) is 24.3 Å². The molecule has 1 aromatic heterocycles. The lowest BCUT2D eigenvalue weighted by atomic mass is 9.90. The molecular formula is C16H20FNO. The Kier molecular flexibility index (Phi) is 4.74. The molecule has 3 heteroatoms. The van der Waals surface area contributed by atoms with E-state index in [1.54, 1.807) is 19.3 Å². The van der Waals surface area contributed by atoms with Gasteiger partial charge in [-0.15, -0.1) is 0 Å². The molecule has 2 rings (SSSR count). The van der Waals surface area contributed by atoms with Crippen molar-refractivity contribution in [3.05, 3.63) is 59.3 Å². The molecule has 0 aliphatic rings. The number of halogens is 1. The van der Waals surface area contributed by atoms with Crippen LogP contribution in [0.15, 0.2) is 41.0 Å². The zero-order valence-electron chi connectivity index (χ0n) is 11.2. The molecule has 0 saturated heterocycles. The summed E-state index contributed by atoms with van der Waals surface area (Å²) in [5, 5.41) is 0. The molecule has 0 bridgehead atoms. The second kappa shape index (κ2) is 6.53. The van der Waals surface area contributed by atoms with Gasteiger partial charge < -0.3 is 10.2 Å². The Morgan fingerprint density at radius 3 is 2.74 bits per heavy atom. The van der Waals surface area contributed by atoms with Gasteiger partial charge in [0.25, 0.3) is 0 Å². The van der Waals surface area contributed by atoms with E-state index in [9.17, 15) is 4.39 Å². The minimum atomic E-state index is -0.152. The van der Waals surface area contributed by atoms with Crippen LogP contribution >= 0.6 is 0 Å². The van der Waals surface area contributed by atoms with Crippen LogP contribution in [0, 0.1) is 12.7 Å². The predicted octanol–water partition coefficient (Wildman–Crippen LogP) is 3.79. The highest BCUT2D eigenvalue weighted by molar-refractivity contribution is 5.27. The molecule has 0 spiro atoms. The van der Waals surface area contributed by atoms with Crippen molar-refractivity contribution in [1.82, 2.24) is 0 Å². The second-order valence-electron chi connectivity index (χ2n) is 4.90. The van der Waals surface area contributed by atoms with Crippen LogP contribution in [-0.2, 0) is 6.42 Å². The largest absolute Gasteiger partial charge is 0.469 e. The van der Waals surface area contributed by atoms with E-state index in [2.05, 4.69) is 0 Å². The summed E-state index contributed by atoms with van der Waals surface area (Å²) < 4.78 is 18.7. The van der Waals surface area contributed by atoms with Crippen molar-refractivity contribution in [3.8, 4) is 0 Å². The molecule has 1 atom stereocenters. The fraction of sp³-hybridized carbons (Fsp3) is 0.375. The molecule has 1 heterocycles. The van der Waals surface area contributed by atoms with Crippen LogP contribution in [0.2, 0.25) is 0 Å². The molecule has 102 valence electrons. The molecule has 0 fully saturated rings. The summed E-state index contributed by atoms with van der Waals surface area (Å²) in [7, 11) is 0. The first kappa shape index (κ1) is 13.8. The van der Waals surface area contributed by atoms with E-state index in [0.717, 1.165) is 30.6 Å². The maximum absolute atomic E-state index is 13.3. The lowest BCUT2D eigenvalue weighted by molar-refractivity contribution is 0.479. The molecule has 2 N–H and O–H groups in total. The summed E-state index contributed by atoms with van der Waals surface area (Å²) in [4.78, 5) is 0. The Hall–Kier alpha value is -1.61. The van der Waals surface area contributed by atoms with Crippen LogP contribution < -0.4 is 5.73 Å². The summed E-state index contributed by atoms with van der Waals surface area (Å²) >= 11 is 0. The molecular weight excluding hydrogens is 241 g/mol. The van der Waals surface area contributed by atoms with Gasteiger partial charge >= 0.3 is 0 Å². The van der Waals surface area contributed by atoms with Gasteiger partial charge in [0.05, 0.1) is 6.26 Å². The third-order valence-electron chi connectivity index (χ3n) is 3.49. The van der Waals surface area contributed by atoms with Crippen LogP contribution in [-0.4, -0.2) is 6.54 Å². The number of hydrogen-bond acceptors (Lipinski definition) is 2. The highest BCUT2D eigenvalue weighted by Crippen LogP contribution is 2.26. The Balaban J connectivity index is 2.07. The average Bonchev–Trinajstić information content (AvgIpc) is 2.91. The SMILES string of the molecule is Cc1cc(C(CCN)CCc2ccco2)ccc1F. The van der Waals surface area contributed by atoms with E-state index in [-0.39, 0.29) is 5.82 Å². The summed E-state index contributed by atoms with van der Waals surface area (Å²) in [5.74, 6) is 1.19. The molecule has 2 nitrogen and oxygen atoms in total. The topological polar surface area (TPSA) is 39.2 Å². The van der Waals surface area contributed by atoms with Gasteiger partial charge in [-0.2, -0.15) is 0 Å². The van der Waals surface area contributed by atoms with Crippen LogP contribution in [0.5, 0.6) is 0 Å². The molecule has 0 aliphatic heterocycles. The van der Waals surface area contributed by atoms with Crippen LogP contribution in [0.4, 0.5) is 4.39 Å². The Morgan fingerprint density at radius 2 is 2.11 bits per heavy atom. The van der Waals surface area contributed by atoms with Gasteiger partial charge in [-0.1, -0.05) is 12.1 Å². The molecule has 1 unspecified atom stereocenters. The highest BCUT2D eigenvalue weighted by atomic mass is 19.1. The number of benzene rings is 1. The van der Waals surface area contributed by atoms with Crippen molar-refractivity contribution in [2.24, 2.45) is 5.73 Å². The fourth-order valence-electron chi connectivity index (χ4n) is 2.37. The maximum atomic E-state index is 13.3. The van der Waals surface area contributed by atoms with Crippen molar-refractivity contribution in [2.75, 3.05) is 6.54 Å². The number of aryl methyl sites for hydroxylation is 2. The smallest absolute Gasteiger partial charge is 0.126 e. The zero-order valence-corrected chi connectivity index (χ0v) is 11.2. The van der Waals surface area contributed by atoms with Gasteiger partial charge in [0.15, 0.2) is 0 Å². The third kappa shape index (κ3) is 3.67. The normalized spacial score (nSPS) is 12.6. The summed E-state index contributed by atoms with van der Waals surface area (Å²) in [5.41, 5.74) is 7.54. The van der Waals surface area contributed by atoms with E-state index in [0.29, 0.717) is 18.0 Å². The number of rotatable bonds is 6. The first-order chi connectivity index (χ1) is 9.20. The van der Waals surface area contributed by atoms with E-state index < -0.39 is 0 Å². The van der Waals surface area contributed by atoms with E-state index in [4.69, 9.17) is 10.2 Å². The van der Waals surface area contributed by atoms with Gasteiger partial charge in [-0.25, -0.2) is 4.39 Å². The molecule has 0 amide bonds. The minimum absolute atomic E-state index is 0.152. The fourth-order valence-corrected chi connectivity index (χ4v) is 2.37. The van der Waals surface area contributed by atoms with E-state index >= 15 is 0 Å². The van der Waals surface area contributed by atoms with Crippen molar-refractivity contribution in [2.45, 2.75) is 32.1 Å². The summed E-state index contributed by atoms with van der Waals surface area (Å²) in [6, 6.07) is 9.22. The van der Waals surface area contributed by atoms with Gasteiger partial charge in [0.2, 0.25) is 0 Å². The number of nitrogens with two attached hydrogens (primary N) is 1. The lowest BCUT2D eigenvalue weighted by Gasteiger charge is -2.16. The quantitative estimate of drug-likeness (QED) is 0.859. The molecule has 0 radical (unpaired) electrons. The molecule has 1 aromatic carbocycles. The standard InChI is InChI=1S/C16H20FNO/c1-12-11-14(5-7-16(12)17)13(8-9-18)4-6-15-3-2-10-19-15/h2-3,5,7,10-11,13H,4,6,8-9,18H2,1H3. The Morgan fingerprint density at radius 1 is 1.26 bits per heavy atom. The molecule has 2 aromatic rings. The van der Waals surface area contributed by atoms with Crippen LogP contribution in [0.25, 0.3) is 0 Å². The first-order valence-corrected chi connectivity index (χ1v) is 6.69. The number of hydrogen-bond donors (Lipinski definition) is 1. The third-order valence-corrected chi connectivity index (χ3v) is 3.49. The van der Waals surface area contributed by atoms with Crippen molar-refractivity contribution >= 4 is 0 Å². The Labute approximate surface area is 113 Å². The second-order valence-corrected chi connectivity index (χ2v) is 4.90. The van der Waals surface area contributed by atoms with Crippen molar-refractivity contribution in [1.29, 1.82) is 0 Å². The molecule has 19 heavy (non-hydrogen) atoms. The summed E-state index contributed by atoms with van der Waals surface area (Å²) in [6.45, 7) is 2.43. The van der Waals surface area contributed by atoms with Gasteiger partial charge in [0, 0.05) is 6.42 Å². The Bertz CT molecular complexity index is 507.